The van der Waals surface area contributed by atoms with E-state index in [1.807, 2.05) is 35.1 Å². The first-order valence-electron chi connectivity index (χ1n) is 7.96. The highest BCUT2D eigenvalue weighted by Gasteiger charge is 2.71. The van der Waals surface area contributed by atoms with Crippen LogP contribution in [0.2, 0.25) is 0 Å². The Balaban J connectivity index is 0.000000323. The summed E-state index contributed by atoms with van der Waals surface area (Å²) in [5.41, 5.74) is 0.896. The summed E-state index contributed by atoms with van der Waals surface area (Å²) in [5, 5.41) is -6.27. The zero-order chi connectivity index (χ0) is 24.3. The van der Waals surface area contributed by atoms with Gasteiger partial charge in [0.2, 0.25) is 0 Å². The van der Waals surface area contributed by atoms with Crippen LogP contribution in [0.25, 0.3) is 0 Å². The third kappa shape index (κ3) is 7.13. The largest absolute Gasteiger partial charge is 0.743 e. The lowest BCUT2D eigenvalue weighted by Gasteiger charge is -2.31. The van der Waals surface area contributed by atoms with Crippen molar-refractivity contribution in [2.45, 2.75) is 34.2 Å². The molecule has 1 fully saturated rings. The first-order chi connectivity index (χ1) is 13.8. The maximum absolute atomic E-state index is 12.4. The molecular formula is C15H13F8IO5S2. The van der Waals surface area contributed by atoms with Crippen LogP contribution < -0.4 is 0 Å². The quantitative estimate of drug-likeness (QED) is 0.154. The van der Waals surface area contributed by atoms with Gasteiger partial charge in [-0.2, -0.15) is 35.1 Å². The molecule has 0 saturated carbocycles. The van der Waals surface area contributed by atoms with Gasteiger partial charge < -0.3 is 4.55 Å². The summed E-state index contributed by atoms with van der Waals surface area (Å²) in [6, 6.07) is 9.68. The minimum atomic E-state index is -7.12. The third-order valence-electron chi connectivity index (χ3n) is 3.54. The predicted octanol–water partition coefficient (Wildman–Crippen LogP) is 4.59. The van der Waals surface area contributed by atoms with E-state index in [4.69, 9.17) is 0 Å². The van der Waals surface area contributed by atoms with Crippen LogP contribution in [0.1, 0.15) is 23.2 Å². The van der Waals surface area contributed by atoms with Crippen molar-refractivity contribution >= 4 is 48.7 Å². The summed E-state index contributed by atoms with van der Waals surface area (Å²) in [4.78, 5) is 11.9. The number of rotatable bonds is 6. The van der Waals surface area contributed by atoms with E-state index >= 15 is 0 Å². The molecule has 0 N–H and O–H groups in total. The lowest BCUT2D eigenvalue weighted by Crippen LogP contribution is -2.54. The van der Waals surface area contributed by atoms with Crippen molar-refractivity contribution in [2.75, 3.05) is 11.5 Å². The van der Waals surface area contributed by atoms with Gasteiger partial charge in [-0.15, -0.1) is 0 Å². The van der Waals surface area contributed by atoms with E-state index in [2.05, 4.69) is 0 Å². The molecule has 1 aromatic carbocycles. The Hall–Kier alpha value is -0.720. The molecule has 0 aliphatic carbocycles. The molecule has 0 bridgehead atoms. The molecule has 0 radical (unpaired) electrons. The Bertz CT molecular complexity index is 856. The van der Waals surface area contributed by atoms with Crippen molar-refractivity contribution in [3.05, 3.63) is 35.9 Å². The molecule has 1 aliphatic heterocycles. The molecule has 2 rings (SSSR count). The number of hydrogen-bond acceptors (Lipinski definition) is 5. The fourth-order valence-electron chi connectivity index (χ4n) is 2.00. The fraction of sp³-hybridized carbons (Fsp3) is 0.533. The molecular weight excluding hydrogens is 603 g/mol. The number of benzene rings is 1. The first-order valence-corrected chi connectivity index (χ1v) is 12.0. The van der Waals surface area contributed by atoms with Gasteiger partial charge in [-0.1, -0.05) is 18.2 Å². The fourth-order valence-corrected chi connectivity index (χ4v) is 4.60. The van der Waals surface area contributed by atoms with Crippen LogP contribution in [-0.2, 0) is 25.7 Å². The maximum Gasteiger partial charge on any atom is 0.438 e. The van der Waals surface area contributed by atoms with Crippen molar-refractivity contribution in [1.29, 1.82) is 0 Å². The Labute approximate surface area is 187 Å². The highest BCUT2D eigenvalue weighted by molar-refractivity contribution is 14.1. The second kappa shape index (κ2) is 10.0. The van der Waals surface area contributed by atoms with E-state index in [-0.39, 0.29) is 10.9 Å². The van der Waals surface area contributed by atoms with Crippen molar-refractivity contribution in [3.8, 4) is 0 Å². The van der Waals surface area contributed by atoms with E-state index in [0.717, 1.165) is 17.1 Å². The SMILES string of the molecule is O=C(c1ccccc1)[S+]1CCCC1.O=S(=O)([O-])C(F)(F)C(F)(F)OC(F)(F)C(F)(F)I. The topological polar surface area (TPSA) is 83.5 Å². The minimum absolute atomic E-state index is 0.0381. The molecule has 0 atom stereocenters. The number of hydrogen-bond donors (Lipinski definition) is 0. The number of alkyl halides is 9. The van der Waals surface area contributed by atoms with Gasteiger partial charge >= 0.3 is 26.5 Å². The Morgan fingerprint density at radius 2 is 1.39 bits per heavy atom. The van der Waals surface area contributed by atoms with Crippen LogP contribution in [0.4, 0.5) is 35.1 Å². The summed E-state index contributed by atoms with van der Waals surface area (Å²) < 4.78 is 123. The molecule has 0 spiro atoms. The highest BCUT2D eigenvalue weighted by Crippen LogP contribution is 2.48. The number of carbonyl (C=O) groups is 1. The third-order valence-corrected chi connectivity index (χ3v) is 7.36. The zero-order valence-electron chi connectivity index (χ0n) is 15.0. The van der Waals surface area contributed by atoms with E-state index in [1.165, 1.54) is 12.8 Å². The molecule has 1 aromatic rings. The molecule has 1 aliphatic rings. The van der Waals surface area contributed by atoms with Crippen LogP contribution in [0.15, 0.2) is 30.3 Å². The summed E-state index contributed by atoms with van der Waals surface area (Å²) in [7, 11) is -7.08. The molecule has 1 saturated heterocycles. The van der Waals surface area contributed by atoms with Gasteiger partial charge in [0.05, 0.1) is 16.5 Å². The van der Waals surface area contributed by atoms with Crippen LogP contribution in [-0.4, -0.2) is 51.0 Å². The van der Waals surface area contributed by atoms with Gasteiger partial charge in [0.25, 0.3) is 0 Å². The van der Waals surface area contributed by atoms with E-state index < -0.39 is 54.1 Å². The molecule has 0 aromatic heterocycles. The Morgan fingerprint density at radius 1 is 0.935 bits per heavy atom. The highest BCUT2D eigenvalue weighted by atomic mass is 127. The molecule has 31 heavy (non-hydrogen) atoms. The van der Waals surface area contributed by atoms with Gasteiger partial charge in [0.15, 0.2) is 10.1 Å². The van der Waals surface area contributed by atoms with Crippen molar-refractivity contribution in [3.63, 3.8) is 0 Å². The maximum atomic E-state index is 12.4. The lowest BCUT2D eigenvalue weighted by atomic mass is 10.2. The lowest BCUT2D eigenvalue weighted by molar-refractivity contribution is -0.438. The zero-order valence-corrected chi connectivity index (χ0v) is 18.8. The van der Waals surface area contributed by atoms with Crippen molar-refractivity contribution < 1.29 is 57.6 Å². The number of carbonyl (C=O) groups excluding carboxylic acids is 1. The van der Waals surface area contributed by atoms with E-state index in [9.17, 15) is 52.9 Å². The van der Waals surface area contributed by atoms with Gasteiger partial charge in [-0.05, 0) is 25.0 Å². The van der Waals surface area contributed by atoms with Crippen LogP contribution in [0.3, 0.4) is 0 Å². The van der Waals surface area contributed by atoms with Gasteiger partial charge in [0.1, 0.15) is 11.5 Å². The molecule has 178 valence electrons. The summed E-state index contributed by atoms with van der Waals surface area (Å²) in [5.74, 6) is 2.24. The predicted molar refractivity (Wildman–Crippen MR) is 102 cm³/mol. The standard InChI is InChI=1S/C11H13OS.C4HF8IO4S/c12-11(13-8-4-5-9-13)10-6-2-1-3-7-10;5-1(6,13)2(7,8)17-3(9,10)4(11,12)18(14,15)16/h1-3,6-7H,4-5,8-9H2;(H,14,15,16)/q+1;/p-1. The molecule has 5 nitrogen and oxygen atoms in total. The molecule has 0 amide bonds. The van der Waals surface area contributed by atoms with Crippen molar-refractivity contribution in [1.82, 2.24) is 0 Å². The normalized spacial score (nSPS) is 16.6. The van der Waals surface area contributed by atoms with Gasteiger partial charge in [-0.25, -0.2) is 17.9 Å². The van der Waals surface area contributed by atoms with Crippen molar-refractivity contribution in [2.24, 2.45) is 0 Å². The minimum Gasteiger partial charge on any atom is -0.743 e. The average Bonchev–Trinajstić information content (AvgIpc) is 3.14. The Morgan fingerprint density at radius 3 is 1.77 bits per heavy atom. The first kappa shape index (κ1) is 28.3. The Kier molecular flexibility index (Phi) is 9.18. The molecule has 0 unspecified atom stereocenters. The monoisotopic (exact) mass is 616 g/mol. The van der Waals surface area contributed by atoms with E-state index in [0.29, 0.717) is 5.12 Å². The number of halogens is 9. The smallest absolute Gasteiger partial charge is 0.438 e. The summed E-state index contributed by atoms with van der Waals surface area (Å²) >= 11 is -0.406. The van der Waals surface area contributed by atoms with Gasteiger partial charge in [0, 0.05) is 22.6 Å². The van der Waals surface area contributed by atoms with E-state index in [1.54, 1.807) is 0 Å². The van der Waals surface area contributed by atoms with Crippen LogP contribution in [0, 0.1) is 0 Å². The summed E-state index contributed by atoms with van der Waals surface area (Å²) in [6.45, 7) is 0. The average molecular weight is 616 g/mol. The second-order valence-electron chi connectivity index (χ2n) is 5.87. The molecule has 16 heteroatoms. The second-order valence-corrected chi connectivity index (χ2v) is 10.8. The van der Waals surface area contributed by atoms with Crippen LogP contribution >= 0.6 is 22.6 Å². The van der Waals surface area contributed by atoms with Gasteiger partial charge in [-0.3, -0.25) is 0 Å². The van der Waals surface area contributed by atoms with Crippen LogP contribution in [0.5, 0.6) is 0 Å². The summed E-state index contributed by atoms with van der Waals surface area (Å²) in [6.07, 6.45) is -10.3. The molecule has 1 heterocycles. The number of ether oxygens (including phenoxy) is 1.